The van der Waals surface area contributed by atoms with Crippen molar-refractivity contribution >= 4 is 11.6 Å². The van der Waals surface area contributed by atoms with Gasteiger partial charge in [0, 0.05) is 19.8 Å². The van der Waals surface area contributed by atoms with Crippen LogP contribution in [0, 0.1) is 17.0 Å². The molecule has 0 spiro atoms. The molecule has 1 unspecified atom stereocenters. The molecule has 9 heteroatoms. The second-order valence-electron chi connectivity index (χ2n) is 4.93. The molecule has 1 N–H and O–H groups in total. The molecule has 2 aromatic rings. The smallest absolute Gasteiger partial charge is 0.322 e. The number of aryl methyl sites for hydroxylation is 3. The van der Waals surface area contributed by atoms with Crippen LogP contribution in [0.5, 0.6) is 0 Å². The third-order valence-corrected chi connectivity index (χ3v) is 3.43. The lowest BCUT2D eigenvalue weighted by atomic mass is 10.2. The van der Waals surface area contributed by atoms with Crippen molar-refractivity contribution in [3.05, 3.63) is 39.5 Å². The second-order valence-corrected chi connectivity index (χ2v) is 4.93. The minimum Gasteiger partial charge on any atom is -0.342 e. The summed E-state index contributed by atoms with van der Waals surface area (Å²) < 4.78 is 2.99. The van der Waals surface area contributed by atoms with Gasteiger partial charge in [0.25, 0.3) is 5.91 Å². The van der Waals surface area contributed by atoms with Crippen LogP contribution in [0.4, 0.5) is 5.69 Å². The van der Waals surface area contributed by atoms with Gasteiger partial charge in [-0.25, -0.2) is 0 Å². The summed E-state index contributed by atoms with van der Waals surface area (Å²) in [6.45, 7) is 5.93. The Kier molecular flexibility index (Phi) is 4.25. The summed E-state index contributed by atoms with van der Waals surface area (Å²) >= 11 is 0. The first kappa shape index (κ1) is 15.7. The highest BCUT2D eigenvalue weighted by Gasteiger charge is 2.30. The zero-order valence-corrected chi connectivity index (χ0v) is 12.9. The van der Waals surface area contributed by atoms with Gasteiger partial charge in [-0.1, -0.05) is 0 Å². The first-order valence-corrected chi connectivity index (χ1v) is 6.87. The average Bonchev–Trinajstić information content (AvgIpc) is 3.02. The van der Waals surface area contributed by atoms with Gasteiger partial charge in [-0.3, -0.25) is 24.3 Å². The Morgan fingerprint density at radius 2 is 2.23 bits per heavy atom. The Morgan fingerprint density at radius 3 is 2.82 bits per heavy atom. The van der Waals surface area contributed by atoms with Gasteiger partial charge in [0.1, 0.15) is 5.69 Å². The number of rotatable bonds is 5. The maximum atomic E-state index is 12.4. The standard InChI is InChI=1S/C13H18N6O3/c1-5-18-10(6-7-14-18)8(2)15-13(20)12-11(19(21)22)9(3)16-17(12)4/h6-8H,5H2,1-4H3,(H,15,20). The van der Waals surface area contributed by atoms with Crippen molar-refractivity contribution in [1.29, 1.82) is 0 Å². The predicted molar refractivity (Wildman–Crippen MR) is 78.4 cm³/mol. The fraction of sp³-hybridized carbons (Fsp3) is 0.462. The van der Waals surface area contributed by atoms with E-state index in [9.17, 15) is 14.9 Å². The van der Waals surface area contributed by atoms with Crippen molar-refractivity contribution in [2.45, 2.75) is 33.4 Å². The van der Waals surface area contributed by atoms with Gasteiger partial charge < -0.3 is 5.32 Å². The fourth-order valence-corrected chi connectivity index (χ4v) is 2.43. The maximum Gasteiger partial charge on any atom is 0.322 e. The van der Waals surface area contributed by atoms with Gasteiger partial charge in [0.2, 0.25) is 5.69 Å². The molecule has 1 atom stereocenters. The molecule has 0 aliphatic carbocycles. The van der Waals surface area contributed by atoms with E-state index < -0.39 is 10.8 Å². The number of nitrogens with zero attached hydrogens (tertiary/aromatic N) is 5. The number of nitro groups is 1. The van der Waals surface area contributed by atoms with Gasteiger partial charge in [-0.2, -0.15) is 10.2 Å². The van der Waals surface area contributed by atoms with Crippen LogP contribution in [0.3, 0.4) is 0 Å². The molecule has 2 rings (SSSR count). The second kappa shape index (κ2) is 5.96. The van der Waals surface area contributed by atoms with Crippen molar-refractivity contribution in [1.82, 2.24) is 24.9 Å². The summed E-state index contributed by atoms with van der Waals surface area (Å²) in [5.74, 6) is -0.536. The summed E-state index contributed by atoms with van der Waals surface area (Å²) in [4.78, 5) is 23.0. The van der Waals surface area contributed by atoms with E-state index in [1.165, 1.54) is 18.7 Å². The van der Waals surface area contributed by atoms with E-state index in [4.69, 9.17) is 0 Å². The number of hydrogen-bond donors (Lipinski definition) is 1. The molecule has 0 saturated carbocycles. The zero-order valence-electron chi connectivity index (χ0n) is 12.9. The Balaban J connectivity index is 2.28. The molecule has 118 valence electrons. The van der Waals surface area contributed by atoms with Crippen molar-refractivity contribution in [3.63, 3.8) is 0 Å². The first-order chi connectivity index (χ1) is 10.4. The highest BCUT2D eigenvalue weighted by molar-refractivity contribution is 5.97. The van der Waals surface area contributed by atoms with Gasteiger partial charge in [0.05, 0.1) is 16.7 Å². The molecule has 9 nitrogen and oxygen atoms in total. The summed E-state index contributed by atoms with van der Waals surface area (Å²) in [6, 6.07) is 1.47. The number of amides is 1. The van der Waals surface area contributed by atoms with Crippen molar-refractivity contribution in [2.75, 3.05) is 0 Å². The monoisotopic (exact) mass is 306 g/mol. The Hall–Kier alpha value is -2.71. The van der Waals surface area contributed by atoms with E-state index in [-0.39, 0.29) is 23.1 Å². The van der Waals surface area contributed by atoms with Crippen LogP contribution >= 0.6 is 0 Å². The first-order valence-electron chi connectivity index (χ1n) is 6.87. The molecule has 0 aliphatic heterocycles. The SMILES string of the molecule is CCn1nccc1C(C)NC(=O)c1c([N+](=O)[O-])c(C)nn1C. The molecule has 0 aromatic carbocycles. The molecule has 1 amide bonds. The van der Waals surface area contributed by atoms with Crippen LogP contribution in [-0.4, -0.2) is 30.4 Å². The third-order valence-electron chi connectivity index (χ3n) is 3.43. The average molecular weight is 306 g/mol. The minimum absolute atomic E-state index is 0.0584. The van der Waals surface area contributed by atoms with E-state index in [1.54, 1.807) is 23.9 Å². The van der Waals surface area contributed by atoms with Crippen molar-refractivity contribution in [3.8, 4) is 0 Å². The molecule has 2 heterocycles. The minimum atomic E-state index is -0.585. The molecular weight excluding hydrogens is 288 g/mol. The molecule has 2 aromatic heterocycles. The Bertz CT molecular complexity index is 717. The van der Waals surface area contributed by atoms with Gasteiger partial charge in [-0.05, 0) is 26.8 Å². The van der Waals surface area contributed by atoms with Gasteiger partial charge in [0.15, 0.2) is 0 Å². The summed E-state index contributed by atoms with van der Waals surface area (Å²) in [5.41, 5.74) is 0.717. The van der Waals surface area contributed by atoms with Crippen LogP contribution in [0.15, 0.2) is 12.3 Å². The molecule has 22 heavy (non-hydrogen) atoms. The largest absolute Gasteiger partial charge is 0.342 e. The van der Waals surface area contributed by atoms with Gasteiger partial charge in [-0.15, -0.1) is 0 Å². The lowest BCUT2D eigenvalue weighted by molar-refractivity contribution is -0.385. The third kappa shape index (κ3) is 2.69. The normalized spacial score (nSPS) is 12.2. The summed E-state index contributed by atoms with van der Waals surface area (Å²) in [6.07, 6.45) is 1.65. The van der Waals surface area contributed by atoms with E-state index in [0.29, 0.717) is 6.54 Å². The molecular formula is C13H18N6O3. The van der Waals surface area contributed by atoms with Gasteiger partial charge >= 0.3 is 5.69 Å². The van der Waals surface area contributed by atoms with Crippen LogP contribution in [-0.2, 0) is 13.6 Å². The lowest BCUT2D eigenvalue weighted by Gasteiger charge is -2.15. The van der Waals surface area contributed by atoms with E-state index >= 15 is 0 Å². The highest BCUT2D eigenvalue weighted by Crippen LogP contribution is 2.23. The lowest BCUT2D eigenvalue weighted by Crippen LogP contribution is -2.30. The number of carbonyl (C=O) groups is 1. The Morgan fingerprint density at radius 1 is 1.55 bits per heavy atom. The topological polar surface area (TPSA) is 108 Å². The molecule has 0 bridgehead atoms. The number of nitrogens with one attached hydrogen (secondary N) is 1. The molecule has 0 radical (unpaired) electrons. The molecule has 0 saturated heterocycles. The fourth-order valence-electron chi connectivity index (χ4n) is 2.43. The zero-order chi connectivity index (χ0) is 16.4. The number of carbonyl (C=O) groups excluding carboxylic acids is 1. The van der Waals surface area contributed by atoms with Crippen LogP contribution in [0.2, 0.25) is 0 Å². The van der Waals surface area contributed by atoms with Crippen molar-refractivity contribution < 1.29 is 9.72 Å². The maximum absolute atomic E-state index is 12.4. The van der Waals surface area contributed by atoms with Crippen LogP contribution in [0.25, 0.3) is 0 Å². The quantitative estimate of drug-likeness (QED) is 0.662. The van der Waals surface area contributed by atoms with Crippen LogP contribution < -0.4 is 5.32 Å². The predicted octanol–water partition coefficient (Wildman–Crippen LogP) is 1.34. The van der Waals surface area contributed by atoms with Crippen molar-refractivity contribution in [2.24, 2.45) is 7.05 Å². The summed E-state index contributed by atoms with van der Waals surface area (Å²) in [5, 5.41) is 22.0. The number of hydrogen-bond acceptors (Lipinski definition) is 5. The molecule has 0 aliphatic rings. The highest BCUT2D eigenvalue weighted by atomic mass is 16.6. The van der Waals surface area contributed by atoms with E-state index in [2.05, 4.69) is 15.5 Å². The Labute approximate surface area is 127 Å². The molecule has 0 fully saturated rings. The summed E-state index contributed by atoms with van der Waals surface area (Å²) in [7, 11) is 1.51. The van der Waals surface area contributed by atoms with E-state index in [0.717, 1.165) is 5.69 Å². The van der Waals surface area contributed by atoms with E-state index in [1.807, 2.05) is 6.92 Å². The number of aromatic nitrogens is 4. The van der Waals surface area contributed by atoms with Crippen LogP contribution in [0.1, 0.15) is 41.8 Å².